The molecule has 1 amide bonds. The first kappa shape index (κ1) is 21.9. The third-order valence-corrected chi connectivity index (χ3v) is 7.96. The predicted molar refractivity (Wildman–Crippen MR) is 118 cm³/mol. The Morgan fingerprint density at radius 3 is 2.41 bits per heavy atom. The molecule has 1 aliphatic heterocycles. The normalized spacial score (nSPS) is 16.1. The number of nitrogens with one attached hydrogen (secondary N) is 1. The number of nitrogens with zero attached hydrogens (tertiary/aromatic N) is 3. The van der Waals surface area contributed by atoms with Crippen LogP contribution in [0.3, 0.4) is 0 Å². The summed E-state index contributed by atoms with van der Waals surface area (Å²) < 4.78 is 25.4. The first-order valence-electron chi connectivity index (χ1n) is 9.73. The van der Waals surface area contributed by atoms with Crippen LogP contribution in [-0.4, -0.2) is 67.0 Å². The Morgan fingerprint density at radius 2 is 1.76 bits per heavy atom. The fraction of sp³-hybridized carbons (Fsp3) is 0.500. The van der Waals surface area contributed by atoms with Crippen molar-refractivity contribution in [2.75, 3.05) is 43.8 Å². The molecule has 1 aromatic carbocycles. The molecule has 0 atom stereocenters. The second-order valence-electron chi connectivity index (χ2n) is 7.41. The Labute approximate surface area is 176 Å². The Kier molecular flexibility index (Phi) is 6.72. The number of piperazine rings is 1. The minimum absolute atomic E-state index is 0.111. The Hall–Kier alpha value is -1.81. The van der Waals surface area contributed by atoms with E-state index in [4.69, 9.17) is 0 Å². The van der Waals surface area contributed by atoms with Gasteiger partial charge in [0, 0.05) is 37.1 Å². The number of amides is 1. The molecule has 1 aromatic heterocycles. The van der Waals surface area contributed by atoms with E-state index < -0.39 is 10.0 Å². The second-order valence-corrected chi connectivity index (χ2v) is 10.5. The molecule has 0 radical (unpaired) electrons. The average molecular weight is 437 g/mol. The van der Waals surface area contributed by atoms with Crippen LogP contribution in [0.1, 0.15) is 23.6 Å². The molecule has 0 spiro atoms. The number of carbonyl (C=O) groups excluding carboxylic acids is 1. The maximum atomic E-state index is 12.4. The number of carbonyl (C=O) groups is 1. The zero-order valence-corrected chi connectivity index (χ0v) is 19.0. The van der Waals surface area contributed by atoms with Crippen LogP contribution in [0, 0.1) is 20.8 Å². The van der Waals surface area contributed by atoms with Gasteiger partial charge in [-0.3, -0.25) is 9.69 Å². The summed E-state index contributed by atoms with van der Waals surface area (Å²) in [5.74, 6) is -0.0191. The molecule has 1 aliphatic rings. The minimum atomic E-state index is -3.16. The number of hydrogen-bond donors (Lipinski definition) is 1. The lowest BCUT2D eigenvalue weighted by atomic mass is 9.99. The van der Waals surface area contributed by atoms with Crippen LogP contribution in [0.25, 0.3) is 11.3 Å². The second kappa shape index (κ2) is 8.91. The van der Waals surface area contributed by atoms with Crippen LogP contribution in [-0.2, 0) is 14.8 Å². The van der Waals surface area contributed by atoms with Gasteiger partial charge >= 0.3 is 0 Å². The molecule has 1 fully saturated rings. The van der Waals surface area contributed by atoms with Crippen molar-refractivity contribution in [1.82, 2.24) is 14.2 Å². The van der Waals surface area contributed by atoms with Crippen molar-refractivity contribution in [3.63, 3.8) is 0 Å². The van der Waals surface area contributed by atoms with E-state index in [0.29, 0.717) is 31.3 Å². The maximum absolute atomic E-state index is 12.4. The molecule has 7 nitrogen and oxygen atoms in total. The van der Waals surface area contributed by atoms with E-state index in [-0.39, 0.29) is 18.2 Å². The summed E-state index contributed by atoms with van der Waals surface area (Å²) in [4.78, 5) is 19.0. The van der Waals surface area contributed by atoms with Crippen molar-refractivity contribution >= 4 is 32.4 Å². The van der Waals surface area contributed by atoms with E-state index in [1.165, 1.54) is 26.8 Å². The highest BCUT2D eigenvalue weighted by molar-refractivity contribution is 7.89. The van der Waals surface area contributed by atoms with Crippen molar-refractivity contribution in [1.29, 1.82) is 0 Å². The number of benzene rings is 1. The fourth-order valence-corrected chi connectivity index (χ4v) is 5.21. The number of rotatable bonds is 6. The number of aryl methyl sites for hydroxylation is 3. The predicted octanol–water partition coefficient (Wildman–Crippen LogP) is 2.64. The number of thiazole rings is 1. The molecule has 9 heteroatoms. The largest absolute Gasteiger partial charge is 0.301 e. The zero-order valence-electron chi connectivity index (χ0n) is 17.4. The van der Waals surface area contributed by atoms with Crippen molar-refractivity contribution in [2.24, 2.45) is 0 Å². The first-order valence-corrected chi connectivity index (χ1v) is 12.2. The van der Waals surface area contributed by atoms with E-state index >= 15 is 0 Å². The van der Waals surface area contributed by atoms with Crippen LogP contribution in [0.4, 0.5) is 5.13 Å². The van der Waals surface area contributed by atoms with E-state index in [2.05, 4.69) is 43.2 Å². The van der Waals surface area contributed by atoms with E-state index in [1.807, 2.05) is 10.3 Å². The average Bonchev–Trinajstić information content (AvgIpc) is 3.13. The molecule has 0 aliphatic carbocycles. The molecule has 158 valence electrons. The van der Waals surface area contributed by atoms with Gasteiger partial charge < -0.3 is 5.32 Å². The molecular formula is C20H28N4O3S2. The summed E-state index contributed by atoms with van der Waals surface area (Å²) in [5, 5.41) is 5.41. The van der Waals surface area contributed by atoms with Gasteiger partial charge in [0.2, 0.25) is 15.9 Å². The molecule has 3 rings (SSSR count). The molecule has 0 bridgehead atoms. The van der Waals surface area contributed by atoms with Gasteiger partial charge in [-0.1, -0.05) is 6.07 Å². The zero-order chi connectivity index (χ0) is 21.2. The van der Waals surface area contributed by atoms with Gasteiger partial charge in [-0.05, 0) is 50.5 Å². The van der Waals surface area contributed by atoms with Gasteiger partial charge in [0.05, 0.1) is 18.0 Å². The number of hydrogen-bond acceptors (Lipinski definition) is 6. The van der Waals surface area contributed by atoms with Crippen LogP contribution in [0.15, 0.2) is 17.5 Å². The minimum Gasteiger partial charge on any atom is -0.301 e. The summed E-state index contributed by atoms with van der Waals surface area (Å²) in [6.45, 7) is 10.1. The fourth-order valence-electron chi connectivity index (χ4n) is 3.40. The van der Waals surface area contributed by atoms with E-state index in [1.54, 1.807) is 6.92 Å². The summed E-state index contributed by atoms with van der Waals surface area (Å²) in [7, 11) is -3.16. The van der Waals surface area contributed by atoms with Crippen molar-refractivity contribution < 1.29 is 13.2 Å². The highest BCUT2D eigenvalue weighted by atomic mass is 32.2. The third-order valence-electron chi connectivity index (χ3n) is 5.32. The summed E-state index contributed by atoms with van der Waals surface area (Å²) >= 11 is 1.41. The highest BCUT2D eigenvalue weighted by Crippen LogP contribution is 2.29. The van der Waals surface area contributed by atoms with Crippen LogP contribution in [0.2, 0.25) is 0 Å². The SMILES string of the molecule is CCS(=O)(=O)N1CCN(CC(=O)Nc2nc(-c3cc(C)c(C)cc3C)cs2)CC1. The molecule has 0 saturated carbocycles. The summed E-state index contributed by atoms with van der Waals surface area (Å²) in [6.07, 6.45) is 0. The van der Waals surface area contributed by atoms with Gasteiger partial charge in [0.1, 0.15) is 0 Å². The number of aromatic nitrogens is 1. The molecular weight excluding hydrogens is 408 g/mol. The summed E-state index contributed by atoms with van der Waals surface area (Å²) in [5.41, 5.74) is 5.58. The molecule has 0 unspecified atom stereocenters. The quantitative estimate of drug-likeness (QED) is 0.753. The summed E-state index contributed by atoms with van der Waals surface area (Å²) in [6, 6.07) is 4.29. The lowest BCUT2D eigenvalue weighted by Gasteiger charge is -2.33. The van der Waals surface area contributed by atoms with Crippen molar-refractivity contribution in [2.45, 2.75) is 27.7 Å². The van der Waals surface area contributed by atoms with Gasteiger partial charge in [0.15, 0.2) is 5.13 Å². The van der Waals surface area contributed by atoms with Crippen LogP contribution in [0.5, 0.6) is 0 Å². The molecule has 29 heavy (non-hydrogen) atoms. The standard InChI is InChI=1S/C20H28N4O3S2/c1-5-29(26,27)24-8-6-23(7-9-24)12-19(25)22-20-21-18(13-28-20)17-11-15(3)14(2)10-16(17)4/h10-11,13H,5-9,12H2,1-4H3,(H,21,22,25). The smallest absolute Gasteiger partial charge is 0.240 e. The topological polar surface area (TPSA) is 82.6 Å². The van der Waals surface area contributed by atoms with Gasteiger partial charge in [-0.2, -0.15) is 4.31 Å². The molecule has 2 aromatic rings. The van der Waals surface area contributed by atoms with Gasteiger partial charge in [0.25, 0.3) is 0 Å². The lowest BCUT2D eigenvalue weighted by Crippen LogP contribution is -2.50. The number of sulfonamides is 1. The van der Waals surface area contributed by atoms with Crippen molar-refractivity contribution in [3.8, 4) is 11.3 Å². The Morgan fingerprint density at radius 1 is 1.10 bits per heavy atom. The lowest BCUT2D eigenvalue weighted by molar-refractivity contribution is -0.117. The Balaban J connectivity index is 1.57. The van der Waals surface area contributed by atoms with Crippen LogP contribution >= 0.6 is 11.3 Å². The number of anilines is 1. The molecule has 2 heterocycles. The van der Waals surface area contributed by atoms with Crippen LogP contribution < -0.4 is 5.32 Å². The monoisotopic (exact) mass is 436 g/mol. The van der Waals surface area contributed by atoms with Crippen molar-refractivity contribution in [3.05, 3.63) is 34.2 Å². The van der Waals surface area contributed by atoms with Gasteiger partial charge in [-0.25, -0.2) is 13.4 Å². The maximum Gasteiger partial charge on any atom is 0.240 e. The van der Waals surface area contributed by atoms with Gasteiger partial charge in [-0.15, -0.1) is 11.3 Å². The Bertz CT molecular complexity index is 993. The third kappa shape index (κ3) is 5.22. The highest BCUT2D eigenvalue weighted by Gasteiger charge is 2.26. The molecule has 1 N–H and O–H groups in total. The van der Waals surface area contributed by atoms with E-state index in [9.17, 15) is 13.2 Å². The van der Waals surface area contributed by atoms with E-state index in [0.717, 1.165) is 16.8 Å². The first-order chi connectivity index (χ1) is 13.7. The molecule has 1 saturated heterocycles.